The molecule has 140 valence electrons. The van der Waals surface area contributed by atoms with Crippen LogP contribution in [0.2, 0.25) is 0 Å². The number of aromatic nitrogens is 4. The molecule has 1 amide bonds. The monoisotopic (exact) mass is 365 g/mol. The van der Waals surface area contributed by atoms with Gasteiger partial charge in [-0.2, -0.15) is 5.10 Å². The summed E-state index contributed by atoms with van der Waals surface area (Å²) < 4.78 is 3.38. The topological polar surface area (TPSA) is 75.9 Å². The molecule has 7 nitrogen and oxygen atoms in total. The van der Waals surface area contributed by atoms with Crippen molar-refractivity contribution in [3.63, 3.8) is 0 Å². The number of rotatable bonds is 4. The van der Waals surface area contributed by atoms with E-state index < -0.39 is 0 Å². The molecule has 0 saturated carbocycles. The number of nitrogens with one attached hydrogen (secondary N) is 1. The van der Waals surface area contributed by atoms with E-state index in [-0.39, 0.29) is 11.5 Å². The number of hydrogen-bond acceptors (Lipinski definition) is 3. The van der Waals surface area contributed by atoms with Gasteiger partial charge >= 0.3 is 0 Å². The molecule has 2 aromatic heterocycles. The second-order valence-electron chi connectivity index (χ2n) is 7.15. The second kappa shape index (κ2) is 7.26. The first-order valence-electron chi connectivity index (χ1n) is 9.26. The summed E-state index contributed by atoms with van der Waals surface area (Å²) in [6.07, 6.45) is 5.80. The van der Waals surface area contributed by atoms with E-state index >= 15 is 0 Å². The fourth-order valence-corrected chi connectivity index (χ4v) is 3.59. The van der Waals surface area contributed by atoms with Crippen LogP contribution in [0.1, 0.15) is 28.9 Å². The molecule has 1 aromatic carbocycles. The molecule has 0 radical (unpaired) electrons. The number of benzene rings is 1. The Hall–Kier alpha value is -3.09. The second-order valence-corrected chi connectivity index (χ2v) is 7.15. The quantitative estimate of drug-likeness (QED) is 0.770. The van der Waals surface area contributed by atoms with Crippen molar-refractivity contribution in [3.05, 3.63) is 70.4 Å². The number of para-hydroxylation sites is 1. The lowest BCUT2D eigenvalue weighted by Gasteiger charge is -2.31. The zero-order valence-electron chi connectivity index (χ0n) is 15.3. The Morgan fingerprint density at radius 3 is 2.63 bits per heavy atom. The van der Waals surface area contributed by atoms with Gasteiger partial charge in [0.1, 0.15) is 5.69 Å². The van der Waals surface area contributed by atoms with Gasteiger partial charge in [-0.3, -0.25) is 19.4 Å². The normalized spacial score (nSPS) is 15.2. The van der Waals surface area contributed by atoms with Gasteiger partial charge in [-0.1, -0.05) is 18.2 Å². The number of amides is 1. The lowest BCUT2D eigenvalue weighted by Crippen LogP contribution is -2.39. The van der Waals surface area contributed by atoms with Crippen molar-refractivity contribution in [1.29, 1.82) is 0 Å². The third kappa shape index (κ3) is 3.72. The van der Waals surface area contributed by atoms with E-state index in [0.29, 0.717) is 24.7 Å². The molecule has 0 aliphatic carbocycles. The standard InChI is InChI=1S/C20H23N5O2/c1-15-12-21-24(13-15)14-16-7-9-23(10-8-16)20(27)18-11-19(26)25(22-18)17-5-3-2-4-6-17/h2-6,11-13,16,22H,7-10,14H2,1H3. The Morgan fingerprint density at radius 1 is 1.22 bits per heavy atom. The first-order valence-corrected chi connectivity index (χ1v) is 9.26. The number of carbonyl (C=O) groups excluding carboxylic acids is 1. The van der Waals surface area contributed by atoms with E-state index in [0.717, 1.165) is 30.6 Å². The number of nitrogens with zero attached hydrogens (tertiary/aromatic N) is 4. The average Bonchev–Trinajstić information content (AvgIpc) is 3.28. The number of piperidine rings is 1. The minimum absolute atomic E-state index is 0.116. The number of carbonyl (C=O) groups is 1. The highest BCUT2D eigenvalue weighted by atomic mass is 16.2. The van der Waals surface area contributed by atoms with Crippen molar-refractivity contribution >= 4 is 5.91 Å². The van der Waals surface area contributed by atoms with Crippen molar-refractivity contribution in [2.24, 2.45) is 5.92 Å². The van der Waals surface area contributed by atoms with Crippen molar-refractivity contribution in [1.82, 2.24) is 24.5 Å². The molecule has 0 atom stereocenters. The third-order valence-corrected chi connectivity index (χ3v) is 5.07. The summed E-state index contributed by atoms with van der Waals surface area (Å²) in [7, 11) is 0. The Kier molecular flexibility index (Phi) is 4.66. The van der Waals surface area contributed by atoms with Crippen LogP contribution in [-0.4, -0.2) is 43.5 Å². The van der Waals surface area contributed by atoms with Gasteiger partial charge in [-0.15, -0.1) is 0 Å². The minimum Gasteiger partial charge on any atom is -0.337 e. The zero-order chi connectivity index (χ0) is 18.8. The lowest BCUT2D eigenvalue weighted by molar-refractivity contribution is 0.0675. The third-order valence-electron chi connectivity index (χ3n) is 5.07. The molecule has 0 spiro atoms. The maximum atomic E-state index is 12.8. The van der Waals surface area contributed by atoms with Crippen LogP contribution < -0.4 is 5.56 Å². The van der Waals surface area contributed by atoms with Gasteiger partial charge in [0.2, 0.25) is 0 Å². The van der Waals surface area contributed by atoms with Gasteiger partial charge in [0, 0.05) is 31.9 Å². The average molecular weight is 365 g/mol. The first-order chi connectivity index (χ1) is 13.1. The van der Waals surface area contributed by atoms with Crippen LogP contribution in [0.3, 0.4) is 0 Å². The maximum absolute atomic E-state index is 12.8. The number of H-pyrrole nitrogens is 1. The molecule has 27 heavy (non-hydrogen) atoms. The molecular formula is C20H23N5O2. The van der Waals surface area contributed by atoms with Gasteiger partial charge in [0.25, 0.3) is 11.5 Å². The molecule has 4 rings (SSSR count). The van der Waals surface area contributed by atoms with E-state index in [1.54, 1.807) is 0 Å². The summed E-state index contributed by atoms with van der Waals surface area (Å²) in [5.41, 5.74) is 1.99. The summed E-state index contributed by atoms with van der Waals surface area (Å²) in [5, 5.41) is 7.29. The Balaban J connectivity index is 1.40. The van der Waals surface area contributed by atoms with Gasteiger partial charge in [0.15, 0.2) is 0 Å². The molecule has 3 aromatic rings. The largest absolute Gasteiger partial charge is 0.337 e. The van der Waals surface area contributed by atoms with Crippen molar-refractivity contribution < 1.29 is 4.79 Å². The van der Waals surface area contributed by atoms with Gasteiger partial charge in [0.05, 0.1) is 11.9 Å². The van der Waals surface area contributed by atoms with Gasteiger partial charge < -0.3 is 4.90 Å². The predicted molar refractivity (Wildman–Crippen MR) is 102 cm³/mol. The molecule has 1 aliphatic rings. The van der Waals surface area contributed by atoms with Crippen molar-refractivity contribution in [3.8, 4) is 5.69 Å². The Bertz CT molecular complexity index is 977. The highest BCUT2D eigenvalue weighted by Gasteiger charge is 2.25. The molecule has 3 heterocycles. The molecular weight excluding hydrogens is 342 g/mol. The molecule has 1 fully saturated rings. The lowest BCUT2D eigenvalue weighted by atomic mass is 9.96. The van der Waals surface area contributed by atoms with Gasteiger partial charge in [-0.25, -0.2) is 4.68 Å². The van der Waals surface area contributed by atoms with Gasteiger partial charge in [-0.05, 0) is 43.4 Å². The van der Waals surface area contributed by atoms with Crippen LogP contribution in [0.4, 0.5) is 0 Å². The summed E-state index contributed by atoms with van der Waals surface area (Å²) in [6, 6.07) is 10.6. The van der Waals surface area contributed by atoms with Crippen molar-refractivity contribution in [2.75, 3.05) is 13.1 Å². The van der Waals surface area contributed by atoms with Crippen molar-refractivity contribution in [2.45, 2.75) is 26.3 Å². The molecule has 1 saturated heterocycles. The SMILES string of the molecule is Cc1cnn(CC2CCN(C(=O)c3cc(=O)n(-c4ccccc4)[nH]3)CC2)c1. The number of aromatic amines is 1. The van der Waals surface area contributed by atoms with Crippen LogP contribution in [0.25, 0.3) is 5.69 Å². The summed E-state index contributed by atoms with van der Waals surface area (Å²) in [5.74, 6) is 0.400. The number of aryl methyl sites for hydroxylation is 1. The van der Waals surface area contributed by atoms with Crippen LogP contribution in [-0.2, 0) is 6.54 Å². The fourth-order valence-electron chi connectivity index (χ4n) is 3.59. The van der Waals surface area contributed by atoms with Crippen LogP contribution in [0, 0.1) is 12.8 Å². The number of hydrogen-bond donors (Lipinski definition) is 1. The maximum Gasteiger partial charge on any atom is 0.271 e. The summed E-state index contributed by atoms with van der Waals surface area (Å²) in [6.45, 7) is 4.31. The predicted octanol–water partition coefficient (Wildman–Crippen LogP) is 2.22. The van der Waals surface area contributed by atoms with Crippen LogP contribution in [0.15, 0.2) is 53.6 Å². The first kappa shape index (κ1) is 17.3. The fraction of sp³-hybridized carbons (Fsp3) is 0.350. The molecule has 1 aliphatic heterocycles. The molecule has 1 N–H and O–H groups in total. The van der Waals surface area contributed by atoms with E-state index in [9.17, 15) is 9.59 Å². The number of likely N-dealkylation sites (tertiary alicyclic amines) is 1. The van der Waals surface area contributed by atoms with E-state index in [1.807, 2.05) is 53.0 Å². The van der Waals surface area contributed by atoms with E-state index in [4.69, 9.17) is 0 Å². The Morgan fingerprint density at radius 2 is 1.96 bits per heavy atom. The Labute approximate surface area is 157 Å². The summed E-state index contributed by atoms with van der Waals surface area (Å²) in [4.78, 5) is 26.9. The highest BCUT2D eigenvalue weighted by molar-refractivity contribution is 5.92. The molecule has 0 unspecified atom stereocenters. The smallest absolute Gasteiger partial charge is 0.271 e. The molecule has 0 bridgehead atoms. The molecule has 7 heteroatoms. The highest BCUT2D eigenvalue weighted by Crippen LogP contribution is 2.20. The summed E-state index contributed by atoms with van der Waals surface area (Å²) >= 11 is 0. The van der Waals surface area contributed by atoms with Crippen LogP contribution in [0.5, 0.6) is 0 Å². The zero-order valence-corrected chi connectivity index (χ0v) is 15.3. The van der Waals surface area contributed by atoms with E-state index in [1.165, 1.54) is 10.7 Å². The van der Waals surface area contributed by atoms with E-state index in [2.05, 4.69) is 16.4 Å². The minimum atomic E-state index is -0.228. The van der Waals surface area contributed by atoms with Crippen LogP contribution >= 0.6 is 0 Å².